The standard InChI is InChI=1S/C12H11ClO5/c1-6(15)10(13)8-4-2-3-7(5-14)9(8)11(16)12(17)18/h2-5,10-11,16H,1H3,(H,17,18). The second-order valence-corrected chi connectivity index (χ2v) is 4.12. The summed E-state index contributed by atoms with van der Waals surface area (Å²) in [4.78, 5) is 32.9. The predicted octanol–water partition coefficient (Wildman–Crippen LogP) is 1.49. The lowest BCUT2D eigenvalue weighted by atomic mass is 9.93. The zero-order valence-corrected chi connectivity index (χ0v) is 10.2. The van der Waals surface area contributed by atoms with E-state index in [4.69, 9.17) is 16.7 Å². The van der Waals surface area contributed by atoms with Gasteiger partial charge >= 0.3 is 5.97 Å². The average Bonchev–Trinajstić information content (AvgIpc) is 2.35. The first-order valence-corrected chi connectivity index (χ1v) is 5.47. The first kappa shape index (κ1) is 14.3. The lowest BCUT2D eigenvalue weighted by Gasteiger charge is -2.16. The molecular weight excluding hydrogens is 260 g/mol. The minimum Gasteiger partial charge on any atom is -0.479 e. The Morgan fingerprint density at radius 3 is 2.44 bits per heavy atom. The summed E-state index contributed by atoms with van der Waals surface area (Å²) in [6.07, 6.45) is -1.49. The largest absolute Gasteiger partial charge is 0.479 e. The molecule has 0 bridgehead atoms. The number of aliphatic hydroxyl groups is 1. The van der Waals surface area contributed by atoms with E-state index in [2.05, 4.69) is 0 Å². The molecule has 0 aliphatic heterocycles. The quantitative estimate of drug-likeness (QED) is 0.625. The molecule has 5 nitrogen and oxygen atoms in total. The van der Waals surface area contributed by atoms with Crippen LogP contribution in [0.1, 0.15) is 39.9 Å². The van der Waals surface area contributed by atoms with Gasteiger partial charge in [0.2, 0.25) is 0 Å². The number of halogens is 1. The van der Waals surface area contributed by atoms with Crippen LogP contribution in [0.4, 0.5) is 0 Å². The van der Waals surface area contributed by atoms with E-state index in [1.54, 1.807) is 0 Å². The van der Waals surface area contributed by atoms with Crippen LogP contribution in [0, 0.1) is 0 Å². The Balaban J connectivity index is 3.47. The van der Waals surface area contributed by atoms with E-state index in [1.807, 2.05) is 0 Å². The van der Waals surface area contributed by atoms with Crippen LogP contribution in [0.25, 0.3) is 0 Å². The maximum atomic E-state index is 11.2. The molecule has 2 unspecified atom stereocenters. The number of carboxylic acids is 1. The molecule has 0 aliphatic rings. The van der Waals surface area contributed by atoms with Crippen LogP contribution in [0.3, 0.4) is 0 Å². The summed E-state index contributed by atoms with van der Waals surface area (Å²) in [5.41, 5.74) is -0.0202. The number of rotatable bonds is 5. The van der Waals surface area contributed by atoms with Gasteiger partial charge < -0.3 is 10.2 Å². The minimum atomic E-state index is -1.90. The van der Waals surface area contributed by atoms with Crippen LogP contribution in [-0.2, 0) is 9.59 Å². The molecule has 2 N–H and O–H groups in total. The first-order valence-electron chi connectivity index (χ1n) is 5.03. The molecule has 0 amide bonds. The number of alkyl halides is 1. The fourth-order valence-corrected chi connectivity index (χ4v) is 1.77. The predicted molar refractivity (Wildman–Crippen MR) is 63.7 cm³/mol. The Kier molecular flexibility index (Phi) is 4.58. The van der Waals surface area contributed by atoms with Crippen molar-refractivity contribution in [2.75, 3.05) is 0 Å². The van der Waals surface area contributed by atoms with Crippen molar-refractivity contribution in [2.45, 2.75) is 18.4 Å². The Labute approximate surface area is 108 Å². The molecule has 0 aliphatic carbocycles. The molecule has 6 heteroatoms. The monoisotopic (exact) mass is 270 g/mol. The van der Waals surface area contributed by atoms with E-state index in [0.29, 0.717) is 6.29 Å². The van der Waals surface area contributed by atoms with Crippen LogP contribution in [0.15, 0.2) is 18.2 Å². The van der Waals surface area contributed by atoms with Crippen LogP contribution >= 0.6 is 11.6 Å². The maximum Gasteiger partial charge on any atom is 0.337 e. The number of hydrogen-bond acceptors (Lipinski definition) is 4. The topological polar surface area (TPSA) is 91.7 Å². The molecule has 0 saturated carbocycles. The number of hydrogen-bond donors (Lipinski definition) is 2. The summed E-state index contributed by atoms with van der Waals surface area (Å²) >= 11 is 5.85. The van der Waals surface area contributed by atoms with Gasteiger partial charge in [-0.3, -0.25) is 9.59 Å². The first-order chi connectivity index (χ1) is 8.40. The van der Waals surface area contributed by atoms with Gasteiger partial charge in [-0.05, 0) is 12.5 Å². The van der Waals surface area contributed by atoms with Crippen molar-refractivity contribution in [3.63, 3.8) is 0 Å². The van der Waals surface area contributed by atoms with Crippen molar-refractivity contribution in [3.05, 3.63) is 34.9 Å². The molecule has 2 atom stereocenters. The molecule has 0 spiro atoms. The number of carbonyl (C=O) groups is 3. The highest BCUT2D eigenvalue weighted by atomic mass is 35.5. The number of benzene rings is 1. The van der Waals surface area contributed by atoms with E-state index in [-0.39, 0.29) is 16.7 Å². The third-order valence-electron chi connectivity index (χ3n) is 2.44. The summed E-state index contributed by atoms with van der Waals surface area (Å²) in [7, 11) is 0. The van der Waals surface area contributed by atoms with E-state index < -0.39 is 23.2 Å². The highest BCUT2D eigenvalue weighted by Crippen LogP contribution is 2.31. The highest BCUT2D eigenvalue weighted by molar-refractivity contribution is 6.31. The van der Waals surface area contributed by atoms with Gasteiger partial charge in [-0.25, -0.2) is 4.79 Å². The molecule has 0 saturated heterocycles. The molecule has 0 heterocycles. The van der Waals surface area contributed by atoms with E-state index in [9.17, 15) is 19.5 Å². The van der Waals surface area contributed by atoms with Crippen LogP contribution in [-0.4, -0.2) is 28.3 Å². The van der Waals surface area contributed by atoms with Crippen LogP contribution in [0.5, 0.6) is 0 Å². The number of aldehydes is 1. The molecule has 0 aromatic heterocycles. The molecule has 18 heavy (non-hydrogen) atoms. The van der Waals surface area contributed by atoms with Crippen molar-refractivity contribution < 1.29 is 24.6 Å². The number of ketones is 1. The number of carbonyl (C=O) groups excluding carboxylic acids is 2. The van der Waals surface area contributed by atoms with Gasteiger partial charge in [-0.15, -0.1) is 11.6 Å². The molecule has 0 radical (unpaired) electrons. The van der Waals surface area contributed by atoms with E-state index in [0.717, 1.165) is 0 Å². The summed E-state index contributed by atoms with van der Waals surface area (Å²) < 4.78 is 0. The maximum absolute atomic E-state index is 11.2. The number of aliphatic carboxylic acids is 1. The van der Waals surface area contributed by atoms with Gasteiger partial charge in [-0.1, -0.05) is 18.2 Å². The summed E-state index contributed by atoms with van der Waals surface area (Å²) in [5, 5.41) is 17.3. The Morgan fingerprint density at radius 1 is 1.39 bits per heavy atom. The number of carboxylic acid groups (broad SMARTS) is 1. The second kappa shape index (κ2) is 5.75. The lowest BCUT2D eigenvalue weighted by Crippen LogP contribution is -2.17. The van der Waals surface area contributed by atoms with Crippen LogP contribution in [0.2, 0.25) is 0 Å². The number of Topliss-reactive ketones (excluding diaryl/α,β-unsaturated/α-hetero) is 1. The van der Waals surface area contributed by atoms with Gasteiger partial charge in [0.15, 0.2) is 11.9 Å². The zero-order chi connectivity index (χ0) is 13.9. The molecule has 0 fully saturated rings. The number of aliphatic hydroxyl groups excluding tert-OH is 1. The summed E-state index contributed by atoms with van der Waals surface area (Å²) in [6.45, 7) is 1.24. The fraction of sp³-hybridized carbons (Fsp3) is 0.250. The van der Waals surface area contributed by atoms with Crippen molar-refractivity contribution in [1.82, 2.24) is 0 Å². The molecule has 96 valence electrons. The highest BCUT2D eigenvalue weighted by Gasteiger charge is 2.27. The molecule has 1 rings (SSSR count). The van der Waals surface area contributed by atoms with Crippen molar-refractivity contribution in [1.29, 1.82) is 0 Å². The molecule has 1 aromatic rings. The van der Waals surface area contributed by atoms with Gasteiger partial charge in [0.25, 0.3) is 0 Å². The molecule has 1 aromatic carbocycles. The zero-order valence-electron chi connectivity index (χ0n) is 9.46. The summed E-state index contributed by atoms with van der Waals surface area (Å²) in [5.74, 6) is -1.92. The van der Waals surface area contributed by atoms with E-state index in [1.165, 1.54) is 25.1 Å². The lowest BCUT2D eigenvalue weighted by molar-refractivity contribution is -0.147. The van der Waals surface area contributed by atoms with Crippen molar-refractivity contribution >= 4 is 29.6 Å². The normalized spacial score (nSPS) is 13.7. The second-order valence-electron chi connectivity index (χ2n) is 3.68. The Hall–Kier alpha value is -1.72. The SMILES string of the molecule is CC(=O)C(Cl)c1cccc(C=O)c1C(O)C(=O)O. The fourth-order valence-electron chi connectivity index (χ4n) is 1.58. The van der Waals surface area contributed by atoms with E-state index >= 15 is 0 Å². The molecular formula is C12H11ClO5. The van der Waals surface area contributed by atoms with Gasteiger partial charge in [0, 0.05) is 11.1 Å². The Bertz CT molecular complexity index is 497. The third-order valence-corrected chi connectivity index (χ3v) is 2.98. The minimum absolute atomic E-state index is 0.00528. The average molecular weight is 271 g/mol. The van der Waals surface area contributed by atoms with Crippen molar-refractivity contribution in [3.8, 4) is 0 Å². The van der Waals surface area contributed by atoms with Crippen LogP contribution < -0.4 is 0 Å². The van der Waals surface area contributed by atoms with Gasteiger partial charge in [0.1, 0.15) is 11.7 Å². The summed E-state index contributed by atoms with van der Waals surface area (Å²) in [6, 6.07) is 4.23. The third kappa shape index (κ3) is 2.75. The smallest absolute Gasteiger partial charge is 0.337 e. The van der Waals surface area contributed by atoms with Gasteiger partial charge in [0.05, 0.1) is 0 Å². The Morgan fingerprint density at radius 2 is 2.00 bits per heavy atom. The van der Waals surface area contributed by atoms with Crippen molar-refractivity contribution in [2.24, 2.45) is 0 Å². The van der Waals surface area contributed by atoms with Gasteiger partial charge in [-0.2, -0.15) is 0 Å².